The number of rotatable bonds is 9. The van der Waals surface area contributed by atoms with Crippen LogP contribution in [0.2, 0.25) is 0 Å². The number of nitrogens with one attached hydrogen (secondary N) is 2. The van der Waals surface area contributed by atoms with Gasteiger partial charge in [-0.1, -0.05) is 52.3 Å². The van der Waals surface area contributed by atoms with Crippen molar-refractivity contribution >= 4 is 29.4 Å². The fourth-order valence-corrected chi connectivity index (χ4v) is 4.22. The van der Waals surface area contributed by atoms with Crippen LogP contribution in [0.3, 0.4) is 0 Å². The zero-order chi connectivity index (χ0) is 25.4. The molecule has 0 saturated carbocycles. The lowest BCUT2D eigenvalue weighted by Crippen LogP contribution is -2.22. The normalized spacial score (nSPS) is 12.2. The summed E-state index contributed by atoms with van der Waals surface area (Å²) in [5.74, 6) is 0.425. The van der Waals surface area contributed by atoms with Crippen LogP contribution >= 0.6 is 11.3 Å². The van der Waals surface area contributed by atoms with Crippen LogP contribution in [0.25, 0.3) is 11.3 Å². The molecule has 2 heterocycles. The van der Waals surface area contributed by atoms with Crippen LogP contribution < -0.4 is 10.6 Å². The van der Waals surface area contributed by atoms with E-state index >= 15 is 0 Å². The number of carbonyl (C=O) groups is 1. The van der Waals surface area contributed by atoms with Crippen LogP contribution in [0.1, 0.15) is 66.3 Å². The van der Waals surface area contributed by atoms with Crippen LogP contribution in [0.4, 0.5) is 5.95 Å². The Morgan fingerprint density at radius 3 is 2.66 bits per heavy atom. The molecule has 1 amide bonds. The second-order valence-corrected chi connectivity index (χ2v) is 10.4. The highest BCUT2D eigenvalue weighted by molar-refractivity contribution is 7.13. The molecule has 3 aromatic rings. The van der Waals surface area contributed by atoms with E-state index in [-0.39, 0.29) is 11.3 Å². The molecule has 0 spiro atoms. The predicted molar refractivity (Wildman–Crippen MR) is 145 cm³/mol. The molecule has 2 aromatic heterocycles. The van der Waals surface area contributed by atoms with Crippen molar-refractivity contribution in [2.45, 2.75) is 59.4 Å². The number of nitrogens with zero attached hydrogens (tertiary/aromatic N) is 4. The molecular formula is C27H34N6OS. The number of aromatic nitrogens is 3. The average Bonchev–Trinajstić information content (AvgIpc) is 3.33. The van der Waals surface area contributed by atoms with E-state index in [0.717, 1.165) is 45.9 Å². The minimum atomic E-state index is -0.101. The maximum Gasteiger partial charge on any atom is 0.263 e. The van der Waals surface area contributed by atoms with Crippen LogP contribution in [0, 0.1) is 6.92 Å². The van der Waals surface area contributed by atoms with E-state index in [1.54, 1.807) is 25.7 Å². The smallest absolute Gasteiger partial charge is 0.263 e. The Balaban J connectivity index is 1.69. The number of hydrogen-bond acceptors (Lipinski definition) is 7. The summed E-state index contributed by atoms with van der Waals surface area (Å²) in [6.07, 6.45) is 9.27. The van der Waals surface area contributed by atoms with E-state index in [1.807, 2.05) is 25.1 Å². The van der Waals surface area contributed by atoms with Gasteiger partial charge < -0.3 is 10.6 Å². The van der Waals surface area contributed by atoms with Crippen molar-refractivity contribution in [1.82, 2.24) is 20.3 Å². The second-order valence-electron chi connectivity index (χ2n) is 9.33. The van der Waals surface area contributed by atoms with Crippen LogP contribution in [0.15, 0.2) is 53.4 Å². The van der Waals surface area contributed by atoms with Crippen molar-refractivity contribution < 1.29 is 4.79 Å². The number of amides is 1. The van der Waals surface area contributed by atoms with Crippen molar-refractivity contribution in [3.63, 3.8) is 0 Å². The van der Waals surface area contributed by atoms with Gasteiger partial charge in [0.1, 0.15) is 4.88 Å². The summed E-state index contributed by atoms with van der Waals surface area (Å²) in [6.45, 7) is 10.9. The van der Waals surface area contributed by atoms with Crippen LogP contribution in [0.5, 0.6) is 0 Å². The lowest BCUT2D eigenvalue weighted by Gasteiger charge is -2.13. The first-order valence-corrected chi connectivity index (χ1v) is 12.6. The van der Waals surface area contributed by atoms with Crippen LogP contribution in [-0.2, 0) is 12.0 Å². The molecule has 0 saturated heterocycles. The Morgan fingerprint density at radius 2 is 2.00 bits per heavy atom. The number of anilines is 1. The fourth-order valence-electron chi connectivity index (χ4n) is 3.33. The third-order valence-corrected chi connectivity index (χ3v) is 6.70. The summed E-state index contributed by atoms with van der Waals surface area (Å²) < 4.78 is 0. The molecule has 2 N–H and O–H groups in total. The van der Waals surface area contributed by atoms with Crippen LogP contribution in [-0.4, -0.2) is 34.1 Å². The highest BCUT2D eigenvalue weighted by Gasteiger charge is 2.20. The Bertz CT molecular complexity index is 1220. The molecule has 0 aliphatic heterocycles. The summed E-state index contributed by atoms with van der Waals surface area (Å²) in [5, 5.41) is 7.22. The average molecular weight is 491 g/mol. The minimum Gasteiger partial charge on any atom is -0.347 e. The standard InChI is InChI=1S/C27H34N6OS/c1-7-8-9-21(16-28-6)32-26-29-13-12-22(33-26)19-10-11-20(18(2)14-19)15-30-24(34)23-17-31-25(35-23)27(3,4)5/h9-14,16-17H,7-8,15H2,1-6H3,(H,30,34)(H,29,32,33)/b21-9+,28-16?. The number of thiazole rings is 1. The van der Waals surface area contributed by atoms with Gasteiger partial charge in [0.2, 0.25) is 5.95 Å². The number of aryl methyl sites for hydroxylation is 1. The molecule has 3 rings (SSSR count). The molecule has 184 valence electrons. The molecule has 0 aliphatic rings. The minimum absolute atomic E-state index is 0.0665. The summed E-state index contributed by atoms with van der Waals surface area (Å²) >= 11 is 1.44. The molecular weight excluding hydrogens is 456 g/mol. The van der Waals surface area contributed by atoms with Gasteiger partial charge in [-0.05, 0) is 36.6 Å². The predicted octanol–water partition coefficient (Wildman–Crippen LogP) is 5.93. The molecule has 0 unspecified atom stereocenters. The summed E-state index contributed by atoms with van der Waals surface area (Å²) in [7, 11) is 1.74. The van der Waals surface area contributed by atoms with Gasteiger partial charge >= 0.3 is 0 Å². The van der Waals surface area contributed by atoms with Crippen molar-refractivity contribution in [2.75, 3.05) is 12.4 Å². The van der Waals surface area contributed by atoms with Gasteiger partial charge in [0, 0.05) is 37.0 Å². The first-order valence-electron chi connectivity index (χ1n) is 11.8. The van der Waals surface area contributed by atoms with Gasteiger partial charge in [-0.25, -0.2) is 15.0 Å². The molecule has 0 bridgehead atoms. The number of allylic oxidation sites excluding steroid dienone is 2. The lowest BCUT2D eigenvalue weighted by atomic mass is 9.98. The third-order valence-electron chi connectivity index (χ3n) is 5.28. The Morgan fingerprint density at radius 1 is 1.20 bits per heavy atom. The highest BCUT2D eigenvalue weighted by Crippen LogP contribution is 2.27. The quantitative estimate of drug-likeness (QED) is 0.363. The van der Waals surface area contributed by atoms with Gasteiger partial charge in [-0.15, -0.1) is 11.3 Å². The molecule has 7 nitrogen and oxygen atoms in total. The molecule has 8 heteroatoms. The molecule has 1 aromatic carbocycles. The lowest BCUT2D eigenvalue weighted by molar-refractivity contribution is 0.0954. The van der Waals surface area contributed by atoms with E-state index in [2.05, 4.69) is 70.4 Å². The molecule has 35 heavy (non-hydrogen) atoms. The molecule has 0 aliphatic carbocycles. The zero-order valence-electron chi connectivity index (χ0n) is 21.3. The zero-order valence-corrected chi connectivity index (χ0v) is 22.2. The third kappa shape index (κ3) is 7.29. The van der Waals surface area contributed by atoms with Gasteiger partial charge in [-0.2, -0.15) is 0 Å². The Kier molecular flexibility index (Phi) is 8.87. The van der Waals surface area contributed by atoms with Crippen molar-refractivity contribution in [1.29, 1.82) is 0 Å². The van der Waals surface area contributed by atoms with Crippen molar-refractivity contribution in [3.8, 4) is 11.3 Å². The van der Waals surface area contributed by atoms with Gasteiger partial charge in [0.15, 0.2) is 0 Å². The number of carbonyl (C=O) groups excluding carboxylic acids is 1. The van der Waals surface area contributed by atoms with Crippen molar-refractivity contribution in [2.24, 2.45) is 4.99 Å². The summed E-state index contributed by atoms with van der Waals surface area (Å²) in [6, 6.07) is 8.02. The van der Waals surface area contributed by atoms with Gasteiger partial charge in [0.25, 0.3) is 5.91 Å². The second kappa shape index (κ2) is 11.8. The fraction of sp³-hybridized carbons (Fsp3) is 0.370. The molecule has 0 atom stereocenters. The number of aliphatic imine (C=N–C) groups is 1. The summed E-state index contributed by atoms with van der Waals surface area (Å²) in [4.78, 5) is 30.8. The largest absolute Gasteiger partial charge is 0.347 e. The maximum absolute atomic E-state index is 12.6. The number of hydrogen-bond donors (Lipinski definition) is 2. The summed E-state index contributed by atoms with van der Waals surface area (Å²) in [5.41, 5.74) is 4.76. The monoisotopic (exact) mass is 490 g/mol. The van der Waals surface area contributed by atoms with E-state index < -0.39 is 0 Å². The number of benzene rings is 1. The van der Waals surface area contributed by atoms with E-state index in [1.165, 1.54) is 11.3 Å². The van der Waals surface area contributed by atoms with E-state index in [4.69, 9.17) is 0 Å². The SMILES string of the molecule is CCC/C=C(\C=NC)Nc1nccc(-c2ccc(CNC(=O)c3cnc(C(C)(C)C)s3)c(C)c2)n1. The maximum atomic E-state index is 12.6. The van der Waals surface area contributed by atoms with E-state index in [9.17, 15) is 4.79 Å². The first-order chi connectivity index (χ1) is 16.7. The first kappa shape index (κ1) is 26.2. The Labute approximate surface area is 211 Å². The van der Waals surface area contributed by atoms with Gasteiger partial charge in [0.05, 0.1) is 22.6 Å². The molecule has 0 fully saturated rings. The van der Waals surface area contributed by atoms with Gasteiger partial charge in [-0.3, -0.25) is 9.79 Å². The highest BCUT2D eigenvalue weighted by atomic mass is 32.1. The van der Waals surface area contributed by atoms with E-state index in [0.29, 0.717) is 17.4 Å². The molecule has 0 radical (unpaired) electrons. The topological polar surface area (TPSA) is 92.2 Å². The Hall–Kier alpha value is -3.39. The number of unbranched alkanes of at least 4 members (excludes halogenated alkanes) is 1. The van der Waals surface area contributed by atoms with Crippen molar-refractivity contribution in [3.05, 3.63) is 69.4 Å².